The zero-order valence-corrected chi connectivity index (χ0v) is 50.1. The molecule has 0 aromatic rings. The van der Waals surface area contributed by atoms with Crippen molar-refractivity contribution in [3.8, 4) is 0 Å². The Bertz CT molecular complexity index is 2340. The molecule has 33 heteroatoms. The Morgan fingerprint density at radius 2 is 0.856 bits per heavy atom. The van der Waals surface area contributed by atoms with E-state index in [1.807, 2.05) is 0 Å². The van der Waals surface area contributed by atoms with Gasteiger partial charge in [-0.2, -0.15) is 0 Å². The van der Waals surface area contributed by atoms with Crippen molar-refractivity contribution in [2.45, 2.75) is 269 Å². The third-order valence-electron chi connectivity index (χ3n) is 20.7. The lowest BCUT2D eigenvalue weighted by atomic mass is 9.41. The smallest absolute Gasteiger partial charge is 0.314 e. The highest BCUT2D eigenvalue weighted by Crippen LogP contribution is 2.67. The van der Waals surface area contributed by atoms with Gasteiger partial charge < -0.3 is 159 Å². The second kappa shape index (κ2) is 29.4. The Balaban J connectivity index is 0.960. The molecule has 0 aromatic carbocycles. The molecule has 9 fully saturated rings. The molecule has 32 unspecified atom stereocenters. The Hall–Kier alpha value is -2.03. The molecule has 6 aliphatic heterocycles. The van der Waals surface area contributed by atoms with Crippen LogP contribution in [0.2, 0.25) is 0 Å². The van der Waals surface area contributed by atoms with Gasteiger partial charge in [0.15, 0.2) is 37.6 Å². The fourth-order valence-electron chi connectivity index (χ4n) is 15.7. The number of hydrogen-bond donors (Lipinski definition) is 20. The summed E-state index contributed by atoms with van der Waals surface area (Å²) in [7, 11) is 0. The van der Waals surface area contributed by atoms with Gasteiger partial charge in [-0.25, -0.2) is 0 Å². The van der Waals surface area contributed by atoms with E-state index in [0.29, 0.717) is 44.9 Å². The molecule has 3 saturated carbocycles. The number of fused-ring (bicyclic) bond motifs is 3. The molecule has 20 N–H and O–H groups in total. The summed E-state index contributed by atoms with van der Waals surface area (Å²) in [5.74, 6) is -1.37. The van der Waals surface area contributed by atoms with E-state index >= 15 is 4.79 Å². The van der Waals surface area contributed by atoms with E-state index in [0.717, 1.165) is 5.57 Å². The van der Waals surface area contributed by atoms with Gasteiger partial charge in [-0.05, 0) is 81.0 Å². The Morgan fingerprint density at radius 1 is 0.433 bits per heavy atom. The predicted octanol–water partition coefficient (Wildman–Crippen LogP) is -8.83. The average molecular weight is 1310 g/mol. The molecule has 6 saturated heterocycles. The van der Waals surface area contributed by atoms with Gasteiger partial charge in [-0.15, -0.1) is 0 Å². The predicted molar refractivity (Wildman–Crippen MR) is 291 cm³/mol. The van der Waals surface area contributed by atoms with Crippen LogP contribution in [-0.4, -0.2) is 338 Å². The van der Waals surface area contributed by atoms with Crippen molar-refractivity contribution in [3.05, 3.63) is 12.2 Å². The molecule has 0 bridgehead atoms. The summed E-state index contributed by atoms with van der Waals surface area (Å²) in [6.07, 6.45) is -51.8. The van der Waals surface area contributed by atoms with Crippen molar-refractivity contribution in [1.29, 1.82) is 0 Å². The van der Waals surface area contributed by atoms with Crippen LogP contribution in [-0.2, 0) is 61.6 Å². The van der Waals surface area contributed by atoms with Crippen LogP contribution in [0.5, 0.6) is 0 Å². The molecular formula is C57H94O33. The highest BCUT2D eigenvalue weighted by Gasteiger charge is 2.64. The molecule has 36 atom stereocenters. The van der Waals surface area contributed by atoms with E-state index < -0.39 is 258 Å². The van der Waals surface area contributed by atoms with Gasteiger partial charge in [-0.1, -0.05) is 32.4 Å². The summed E-state index contributed by atoms with van der Waals surface area (Å²) in [6.45, 7) is 5.44. The molecule has 33 nitrogen and oxygen atoms in total. The van der Waals surface area contributed by atoms with Crippen molar-refractivity contribution < 1.29 is 164 Å². The van der Waals surface area contributed by atoms with Crippen LogP contribution in [0, 0.1) is 28.1 Å². The lowest BCUT2D eigenvalue weighted by Gasteiger charge is -2.63. The molecule has 0 amide bonds. The van der Waals surface area contributed by atoms with Crippen LogP contribution in [0.1, 0.15) is 78.6 Å². The molecule has 0 aromatic heterocycles. The average Bonchev–Trinajstić information content (AvgIpc) is 0.715. The number of aliphatic hydroxyl groups excluding tert-OH is 20. The number of aliphatic hydroxyl groups is 20. The van der Waals surface area contributed by atoms with Crippen LogP contribution in [0.3, 0.4) is 0 Å². The van der Waals surface area contributed by atoms with Crippen LogP contribution < -0.4 is 0 Å². The Morgan fingerprint density at radius 3 is 1.38 bits per heavy atom. The molecule has 6 heterocycles. The Labute approximate surface area is 517 Å². The zero-order valence-electron chi connectivity index (χ0n) is 50.1. The van der Waals surface area contributed by atoms with Gasteiger partial charge in [-0.3, -0.25) is 4.79 Å². The van der Waals surface area contributed by atoms with E-state index in [1.165, 1.54) is 0 Å². The SMILES string of the molecule is C=C1CC(OC2OC(CO)C(O)C(OC3OC(COC4OC(CO)C(O)C(O)C4O)C(O)C(O)C3O)C2OC2OC(CO)C(O)C(O)C2O)CC[C@@H]2[C@](C)(CCC3[C@](C)(C(=O)OC4OC(CO)C(O)C(O)C4OC4OC(CO)C(O)C(O)C4O)CCC[C@]32C)C1. The fraction of sp³-hybridized carbons (Fsp3) is 0.947. The lowest BCUT2D eigenvalue weighted by Crippen LogP contribution is -2.67. The van der Waals surface area contributed by atoms with Crippen molar-refractivity contribution in [2.24, 2.45) is 28.1 Å². The highest BCUT2D eigenvalue weighted by atomic mass is 16.8. The third-order valence-corrected chi connectivity index (χ3v) is 20.7. The normalized spacial score (nSPS) is 53.0. The monoisotopic (exact) mass is 1310 g/mol. The molecule has 0 radical (unpaired) electrons. The fourth-order valence-corrected chi connectivity index (χ4v) is 15.7. The number of carbonyl (C=O) groups is 1. The summed E-state index contributed by atoms with van der Waals surface area (Å²) >= 11 is 0. The topological polar surface area (TPSA) is 532 Å². The molecule has 0 spiro atoms. The van der Waals surface area contributed by atoms with Crippen molar-refractivity contribution in [2.75, 3.05) is 39.6 Å². The van der Waals surface area contributed by atoms with Gasteiger partial charge >= 0.3 is 5.97 Å². The number of carbonyl (C=O) groups excluding carboxylic acids is 1. The van der Waals surface area contributed by atoms with Gasteiger partial charge in [0.25, 0.3) is 0 Å². The molecular weight excluding hydrogens is 1210 g/mol. The van der Waals surface area contributed by atoms with Crippen molar-refractivity contribution in [3.63, 3.8) is 0 Å². The van der Waals surface area contributed by atoms with E-state index in [9.17, 15) is 102 Å². The van der Waals surface area contributed by atoms with Crippen molar-refractivity contribution in [1.82, 2.24) is 0 Å². The quantitative estimate of drug-likeness (QED) is 0.0448. The number of esters is 1. The van der Waals surface area contributed by atoms with Gasteiger partial charge in [0.05, 0.1) is 51.2 Å². The van der Waals surface area contributed by atoms with E-state index in [-0.39, 0.29) is 18.8 Å². The molecule has 9 aliphatic rings. The third kappa shape index (κ3) is 13.9. The van der Waals surface area contributed by atoms with E-state index in [1.54, 1.807) is 6.92 Å². The number of ether oxygens (including phenoxy) is 12. The largest absolute Gasteiger partial charge is 0.432 e. The number of rotatable bonds is 18. The highest BCUT2D eigenvalue weighted by molar-refractivity contribution is 5.77. The number of hydrogen-bond acceptors (Lipinski definition) is 33. The summed E-state index contributed by atoms with van der Waals surface area (Å²) in [5.41, 5.74) is -1.60. The first-order valence-electron chi connectivity index (χ1n) is 30.8. The van der Waals surface area contributed by atoms with E-state index in [2.05, 4.69) is 20.4 Å². The summed E-state index contributed by atoms with van der Waals surface area (Å²) in [6, 6.07) is 0. The minimum atomic E-state index is -2.14. The molecule has 520 valence electrons. The van der Waals surface area contributed by atoms with Crippen LogP contribution >= 0.6 is 0 Å². The van der Waals surface area contributed by atoms with Gasteiger partial charge in [0.2, 0.25) is 6.29 Å². The van der Waals surface area contributed by atoms with Crippen LogP contribution in [0.15, 0.2) is 12.2 Å². The van der Waals surface area contributed by atoms with E-state index in [4.69, 9.17) is 56.8 Å². The van der Waals surface area contributed by atoms with Crippen LogP contribution in [0.25, 0.3) is 0 Å². The zero-order chi connectivity index (χ0) is 65.8. The first-order valence-corrected chi connectivity index (χ1v) is 30.8. The molecule has 3 aliphatic carbocycles. The van der Waals surface area contributed by atoms with Gasteiger partial charge in [0, 0.05) is 0 Å². The van der Waals surface area contributed by atoms with Crippen molar-refractivity contribution >= 4 is 5.97 Å². The maximum atomic E-state index is 15.0. The molecule has 9 rings (SSSR count). The standard InChI is InChI=1S/C57H94O33/c1-20-12-21(6-7-28-55(2,13-20)11-8-29-56(28,3)9-5-10-57(29,4)54(78)90-52-46(40(73)33(66)25(17-61)84-52)88-49-42(75)37(70)31(64)23(15-59)82-49)80-53-47(89-50-43(76)38(71)32(65)24(16-60)83-50)45(35(68)26(18-62)85-53)87-51-44(77)39(72)34(67)27(86-51)19-79-48-41(74)36(69)30(63)22(14-58)81-48/h21-53,58-77H,1,5-19H2,2-4H3/t21?,22?,23?,24?,25?,26?,27?,28-,29?,30?,31?,32?,33?,34?,35?,36?,37?,38?,39?,40?,41?,42?,43?,44?,45?,46?,47?,48?,49?,50?,51?,52?,53?,55-,56+,57-/m1/s1. The summed E-state index contributed by atoms with van der Waals surface area (Å²) in [4.78, 5) is 15.0. The molecule has 90 heavy (non-hydrogen) atoms. The first kappa shape index (κ1) is 72.2. The maximum Gasteiger partial charge on any atom is 0.314 e. The lowest BCUT2D eigenvalue weighted by molar-refractivity contribution is -0.396. The van der Waals surface area contributed by atoms with Gasteiger partial charge in [0.1, 0.15) is 140 Å². The second-order valence-electron chi connectivity index (χ2n) is 26.6. The Kier molecular flexibility index (Phi) is 23.6. The summed E-state index contributed by atoms with van der Waals surface area (Å²) < 4.78 is 71.5. The second-order valence-corrected chi connectivity index (χ2v) is 26.6. The first-order chi connectivity index (χ1) is 42.5. The van der Waals surface area contributed by atoms with Crippen LogP contribution in [0.4, 0.5) is 0 Å². The maximum absolute atomic E-state index is 15.0. The minimum absolute atomic E-state index is 0.185. The summed E-state index contributed by atoms with van der Waals surface area (Å²) in [5, 5.41) is 214. The minimum Gasteiger partial charge on any atom is -0.432 e.